The van der Waals surface area contributed by atoms with Crippen LogP contribution in [0.5, 0.6) is 0 Å². The number of aryl methyl sites for hydroxylation is 1. The molecule has 0 aliphatic rings. The number of carbonyl (C=O) groups excluding carboxylic acids is 1. The molecule has 0 fully saturated rings. The molecule has 0 saturated heterocycles. The number of nitrogens with one attached hydrogen (secondary N) is 3. The highest BCUT2D eigenvalue weighted by Crippen LogP contribution is 2.07. The summed E-state index contributed by atoms with van der Waals surface area (Å²) >= 11 is 1.80. The van der Waals surface area contributed by atoms with Crippen LogP contribution in [0.25, 0.3) is 0 Å². The van der Waals surface area contributed by atoms with Crippen LogP contribution in [-0.2, 0) is 11.2 Å². The quantitative estimate of drug-likeness (QED) is 0.787. The van der Waals surface area contributed by atoms with E-state index in [-0.39, 0.29) is 5.91 Å². The maximum Gasteiger partial charge on any atom is 0.225 e. The SMILES string of the molecule is O=C(CCSCCc1cccc[nH+]1)Nc1ccc[nH+]c1. The fraction of sp³-hybridized carbons (Fsp3) is 0.267. The molecule has 0 spiro atoms. The number of anilines is 1. The number of hydrogen-bond acceptors (Lipinski definition) is 2. The van der Waals surface area contributed by atoms with Crippen molar-refractivity contribution in [1.29, 1.82) is 0 Å². The second-order valence-corrected chi connectivity index (χ2v) is 5.57. The molecule has 0 saturated carbocycles. The van der Waals surface area contributed by atoms with Gasteiger partial charge in [0, 0.05) is 42.5 Å². The molecule has 20 heavy (non-hydrogen) atoms. The molecule has 0 aliphatic carbocycles. The van der Waals surface area contributed by atoms with E-state index < -0.39 is 0 Å². The number of aromatic amines is 2. The highest BCUT2D eigenvalue weighted by molar-refractivity contribution is 7.99. The first-order valence-electron chi connectivity index (χ1n) is 6.64. The summed E-state index contributed by atoms with van der Waals surface area (Å²) < 4.78 is 0. The van der Waals surface area contributed by atoms with Gasteiger partial charge in [0.15, 0.2) is 24.3 Å². The summed E-state index contributed by atoms with van der Waals surface area (Å²) in [6, 6.07) is 9.81. The number of H-pyrrole nitrogens is 2. The first-order chi connectivity index (χ1) is 9.84. The summed E-state index contributed by atoms with van der Waals surface area (Å²) in [7, 11) is 0. The third-order valence-corrected chi connectivity index (χ3v) is 3.74. The fourth-order valence-electron chi connectivity index (χ4n) is 1.73. The van der Waals surface area contributed by atoms with E-state index in [1.54, 1.807) is 18.0 Å². The first kappa shape index (κ1) is 14.5. The van der Waals surface area contributed by atoms with Crippen LogP contribution in [0.4, 0.5) is 5.69 Å². The Balaban J connectivity index is 1.58. The Hall–Kier alpha value is -1.88. The lowest BCUT2D eigenvalue weighted by molar-refractivity contribution is -0.389. The zero-order chi connectivity index (χ0) is 14.0. The van der Waals surface area contributed by atoms with Gasteiger partial charge in [-0.1, -0.05) is 6.07 Å². The number of hydrogen-bond donors (Lipinski definition) is 1. The van der Waals surface area contributed by atoms with Crippen molar-refractivity contribution in [2.45, 2.75) is 12.8 Å². The van der Waals surface area contributed by atoms with E-state index in [1.165, 1.54) is 5.69 Å². The van der Waals surface area contributed by atoms with Crippen molar-refractivity contribution in [3.05, 3.63) is 54.6 Å². The molecule has 0 aliphatic heterocycles. The molecule has 0 unspecified atom stereocenters. The number of amides is 1. The standard InChI is InChI=1S/C15H17N3OS/c19-15(18-14-5-3-8-16-12-14)7-11-20-10-6-13-4-1-2-9-17-13/h1-5,8-9,12H,6-7,10-11H2,(H,18,19)/p+2. The van der Waals surface area contributed by atoms with E-state index in [9.17, 15) is 4.79 Å². The van der Waals surface area contributed by atoms with Crippen molar-refractivity contribution in [3.8, 4) is 0 Å². The third kappa shape index (κ3) is 5.40. The van der Waals surface area contributed by atoms with Gasteiger partial charge in [-0.05, 0) is 6.07 Å². The summed E-state index contributed by atoms with van der Waals surface area (Å²) in [5.74, 6) is 1.92. The van der Waals surface area contributed by atoms with E-state index in [1.807, 2.05) is 36.7 Å². The molecule has 104 valence electrons. The van der Waals surface area contributed by atoms with Crippen molar-refractivity contribution in [2.24, 2.45) is 0 Å². The third-order valence-electron chi connectivity index (χ3n) is 2.75. The normalized spacial score (nSPS) is 10.2. The number of thioether (sulfide) groups is 1. The molecule has 2 aromatic heterocycles. The number of carbonyl (C=O) groups is 1. The van der Waals surface area contributed by atoms with Gasteiger partial charge in [-0.3, -0.25) is 4.79 Å². The Kier molecular flexibility index (Phi) is 6.05. The molecule has 2 rings (SSSR count). The summed E-state index contributed by atoms with van der Waals surface area (Å²) in [4.78, 5) is 17.8. The summed E-state index contributed by atoms with van der Waals surface area (Å²) in [5.41, 5.74) is 2.03. The van der Waals surface area contributed by atoms with Crippen molar-refractivity contribution in [3.63, 3.8) is 0 Å². The Bertz CT molecular complexity index is 519. The highest BCUT2D eigenvalue weighted by Gasteiger charge is 2.04. The van der Waals surface area contributed by atoms with Crippen LogP contribution in [0.15, 0.2) is 48.9 Å². The predicted octanol–water partition coefficient (Wildman–Crippen LogP) is 1.62. The largest absolute Gasteiger partial charge is 0.321 e. The topological polar surface area (TPSA) is 57.4 Å². The maximum absolute atomic E-state index is 11.7. The van der Waals surface area contributed by atoms with E-state index >= 15 is 0 Å². The van der Waals surface area contributed by atoms with Gasteiger partial charge >= 0.3 is 0 Å². The molecule has 2 aromatic rings. The number of rotatable bonds is 7. The molecule has 0 aromatic carbocycles. The average molecular weight is 289 g/mol. The minimum atomic E-state index is 0.0587. The smallest absolute Gasteiger partial charge is 0.225 e. The van der Waals surface area contributed by atoms with E-state index in [0.717, 1.165) is 23.6 Å². The molecule has 1 amide bonds. The highest BCUT2D eigenvalue weighted by atomic mass is 32.2. The summed E-state index contributed by atoms with van der Waals surface area (Å²) in [6.07, 6.45) is 7.06. The Morgan fingerprint density at radius 3 is 2.85 bits per heavy atom. The van der Waals surface area contributed by atoms with Crippen LogP contribution in [0.1, 0.15) is 12.1 Å². The lowest BCUT2D eigenvalue weighted by Crippen LogP contribution is -2.14. The molecular formula is C15H19N3OS+2. The minimum Gasteiger partial charge on any atom is -0.321 e. The second kappa shape index (κ2) is 8.32. The van der Waals surface area contributed by atoms with Crippen LogP contribution in [0.2, 0.25) is 0 Å². The van der Waals surface area contributed by atoms with Crippen molar-refractivity contribution >= 4 is 23.4 Å². The van der Waals surface area contributed by atoms with Crippen LogP contribution in [0, 0.1) is 0 Å². The van der Waals surface area contributed by atoms with Gasteiger partial charge in [0.25, 0.3) is 0 Å². The van der Waals surface area contributed by atoms with Crippen LogP contribution in [0.3, 0.4) is 0 Å². The maximum atomic E-state index is 11.7. The van der Waals surface area contributed by atoms with Gasteiger partial charge < -0.3 is 5.32 Å². The second-order valence-electron chi connectivity index (χ2n) is 4.34. The monoisotopic (exact) mass is 289 g/mol. The predicted molar refractivity (Wildman–Crippen MR) is 80.3 cm³/mol. The van der Waals surface area contributed by atoms with E-state index in [4.69, 9.17) is 0 Å². The Morgan fingerprint density at radius 1 is 1.15 bits per heavy atom. The number of pyridine rings is 2. The van der Waals surface area contributed by atoms with Gasteiger partial charge in [-0.25, -0.2) is 9.97 Å². The van der Waals surface area contributed by atoms with Crippen LogP contribution in [-0.4, -0.2) is 17.4 Å². The summed E-state index contributed by atoms with van der Waals surface area (Å²) in [5, 5.41) is 2.86. The molecule has 3 N–H and O–H groups in total. The molecular weight excluding hydrogens is 270 g/mol. The van der Waals surface area contributed by atoms with Gasteiger partial charge in [0.2, 0.25) is 5.91 Å². The molecule has 4 nitrogen and oxygen atoms in total. The minimum absolute atomic E-state index is 0.0587. The van der Waals surface area contributed by atoms with Crippen LogP contribution < -0.4 is 15.3 Å². The molecule has 2 heterocycles. The average Bonchev–Trinajstić information content (AvgIpc) is 2.49. The molecule has 0 radical (unpaired) electrons. The van der Waals surface area contributed by atoms with Gasteiger partial charge in [0.1, 0.15) is 5.69 Å². The van der Waals surface area contributed by atoms with E-state index in [2.05, 4.69) is 21.4 Å². The Morgan fingerprint density at radius 2 is 2.10 bits per heavy atom. The van der Waals surface area contributed by atoms with Gasteiger partial charge in [0.05, 0.1) is 0 Å². The van der Waals surface area contributed by atoms with Gasteiger partial charge in [-0.15, -0.1) is 0 Å². The van der Waals surface area contributed by atoms with Crippen molar-refractivity contribution < 1.29 is 14.8 Å². The Labute approximate surface area is 123 Å². The van der Waals surface area contributed by atoms with E-state index in [0.29, 0.717) is 6.42 Å². The fourth-order valence-corrected chi connectivity index (χ4v) is 2.63. The zero-order valence-corrected chi connectivity index (χ0v) is 12.1. The summed E-state index contributed by atoms with van der Waals surface area (Å²) in [6.45, 7) is 0. The molecule has 0 bridgehead atoms. The molecule has 0 atom stereocenters. The van der Waals surface area contributed by atoms with Crippen molar-refractivity contribution in [1.82, 2.24) is 0 Å². The van der Waals surface area contributed by atoms with Gasteiger partial charge in [-0.2, -0.15) is 11.8 Å². The lowest BCUT2D eigenvalue weighted by Gasteiger charge is -2.02. The molecule has 5 heteroatoms. The number of aromatic nitrogens is 2. The van der Waals surface area contributed by atoms with Crippen molar-refractivity contribution in [2.75, 3.05) is 16.8 Å². The first-order valence-corrected chi connectivity index (χ1v) is 7.79. The zero-order valence-electron chi connectivity index (χ0n) is 11.3. The lowest BCUT2D eigenvalue weighted by atomic mass is 10.3. The van der Waals surface area contributed by atoms with Crippen LogP contribution >= 0.6 is 11.8 Å².